The summed E-state index contributed by atoms with van der Waals surface area (Å²) in [6, 6.07) is 0.255. The summed E-state index contributed by atoms with van der Waals surface area (Å²) in [4.78, 5) is 0. The van der Waals surface area contributed by atoms with Gasteiger partial charge in [0, 0.05) is 12.6 Å². The van der Waals surface area contributed by atoms with Gasteiger partial charge in [-0.1, -0.05) is 6.92 Å². The quantitative estimate of drug-likeness (QED) is 0.536. The first kappa shape index (κ1) is 7.03. The van der Waals surface area contributed by atoms with Crippen LogP contribution in [0.1, 0.15) is 19.8 Å². The van der Waals surface area contributed by atoms with Crippen LogP contribution in [0.2, 0.25) is 0 Å². The van der Waals surface area contributed by atoms with Gasteiger partial charge in [0.15, 0.2) is 0 Å². The van der Waals surface area contributed by atoms with Crippen molar-refractivity contribution in [3.8, 4) is 0 Å². The van der Waals surface area contributed by atoms with Gasteiger partial charge in [-0.2, -0.15) is 0 Å². The maximum atomic E-state index is 8.83. The Morgan fingerprint density at radius 3 is 2.44 bits per heavy atom. The Balaban J connectivity index is 2.44. The highest BCUT2D eigenvalue weighted by molar-refractivity contribution is 4.84. The van der Waals surface area contributed by atoms with E-state index in [1.165, 1.54) is 6.42 Å². The summed E-state index contributed by atoms with van der Waals surface area (Å²) in [6.07, 6.45) is 2.28. The van der Waals surface area contributed by atoms with Crippen molar-refractivity contribution >= 4 is 0 Å². The van der Waals surface area contributed by atoms with E-state index >= 15 is 0 Å². The molecule has 0 unspecified atom stereocenters. The molecule has 2 heteroatoms. The Morgan fingerprint density at radius 1 is 1.56 bits per heavy atom. The fraction of sp³-hybridized carbons (Fsp3) is 1.00. The molecule has 9 heavy (non-hydrogen) atoms. The number of hydrogen-bond donors (Lipinski definition) is 2. The molecule has 0 aromatic heterocycles. The van der Waals surface area contributed by atoms with Crippen LogP contribution in [-0.2, 0) is 0 Å². The number of aliphatic hydroxyl groups is 1. The van der Waals surface area contributed by atoms with Crippen molar-refractivity contribution in [2.24, 2.45) is 17.6 Å². The molecule has 1 aliphatic rings. The molecule has 0 amide bonds. The van der Waals surface area contributed by atoms with Gasteiger partial charge in [0.1, 0.15) is 0 Å². The fourth-order valence-electron chi connectivity index (χ4n) is 1.62. The predicted molar refractivity (Wildman–Crippen MR) is 36.9 cm³/mol. The Morgan fingerprint density at radius 2 is 2.22 bits per heavy atom. The molecule has 0 aromatic carbocycles. The summed E-state index contributed by atoms with van der Waals surface area (Å²) in [5, 5.41) is 8.83. The third-order valence-corrected chi connectivity index (χ3v) is 2.45. The molecule has 3 N–H and O–H groups in total. The first-order valence-corrected chi connectivity index (χ1v) is 3.62. The zero-order valence-corrected chi connectivity index (χ0v) is 5.88. The molecule has 0 saturated heterocycles. The van der Waals surface area contributed by atoms with Crippen LogP contribution in [0.3, 0.4) is 0 Å². The second kappa shape index (κ2) is 2.67. The van der Waals surface area contributed by atoms with E-state index in [4.69, 9.17) is 10.8 Å². The average Bonchev–Trinajstić information content (AvgIpc) is 2.12. The molecule has 0 aliphatic heterocycles. The molecule has 1 fully saturated rings. The molecule has 3 atom stereocenters. The third-order valence-electron chi connectivity index (χ3n) is 2.45. The van der Waals surface area contributed by atoms with Crippen LogP contribution < -0.4 is 5.73 Å². The molecule has 2 nitrogen and oxygen atoms in total. The maximum Gasteiger partial charge on any atom is 0.0476 e. The minimum atomic E-state index is 0.255. The molecule has 0 aromatic rings. The van der Waals surface area contributed by atoms with E-state index in [0.717, 1.165) is 6.42 Å². The van der Waals surface area contributed by atoms with E-state index in [-0.39, 0.29) is 12.6 Å². The fourth-order valence-corrected chi connectivity index (χ4v) is 1.62. The van der Waals surface area contributed by atoms with Crippen LogP contribution in [0.4, 0.5) is 0 Å². The van der Waals surface area contributed by atoms with E-state index in [1.54, 1.807) is 0 Å². The van der Waals surface area contributed by atoms with Gasteiger partial charge in [0.25, 0.3) is 0 Å². The molecule has 1 aliphatic carbocycles. The lowest BCUT2D eigenvalue weighted by molar-refractivity contribution is 0.190. The summed E-state index contributed by atoms with van der Waals surface area (Å²) in [7, 11) is 0. The lowest BCUT2D eigenvalue weighted by Crippen LogP contribution is -2.29. The molecule has 0 bridgehead atoms. The maximum absolute atomic E-state index is 8.83. The summed E-state index contributed by atoms with van der Waals surface area (Å²) in [5.74, 6) is 0.995. The first-order valence-electron chi connectivity index (χ1n) is 3.62. The van der Waals surface area contributed by atoms with Crippen molar-refractivity contribution in [3.05, 3.63) is 0 Å². The van der Waals surface area contributed by atoms with Crippen molar-refractivity contribution in [2.75, 3.05) is 6.61 Å². The van der Waals surface area contributed by atoms with Crippen LogP contribution in [0.25, 0.3) is 0 Å². The lowest BCUT2D eigenvalue weighted by Gasteiger charge is -2.15. The van der Waals surface area contributed by atoms with Crippen LogP contribution in [-0.4, -0.2) is 17.8 Å². The van der Waals surface area contributed by atoms with E-state index in [0.29, 0.717) is 11.8 Å². The van der Waals surface area contributed by atoms with Gasteiger partial charge in [0.2, 0.25) is 0 Å². The van der Waals surface area contributed by atoms with E-state index in [1.807, 2.05) is 0 Å². The smallest absolute Gasteiger partial charge is 0.0476 e. The van der Waals surface area contributed by atoms with Gasteiger partial charge < -0.3 is 10.8 Å². The van der Waals surface area contributed by atoms with Crippen molar-refractivity contribution in [3.63, 3.8) is 0 Å². The summed E-state index contributed by atoms with van der Waals surface area (Å²) in [5.41, 5.74) is 5.72. The van der Waals surface area contributed by atoms with E-state index in [9.17, 15) is 0 Å². The zero-order chi connectivity index (χ0) is 6.85. The number of aliphatic hydroxyl groups excluding tert-OH is 1. The Hall–Kier alpha value is -0.0800. The molecular formula is C7H15NO. The normalized spacial score (nSPS) is 43.7. The van der Waals surface area contributed by atoms with Gasteiger partial charge in [-0.25, -0.2) is 0 Å². The minimum absolute atomic E-state index is 0.255. The highest BCUT2D eigenvalue weighted by Crippen LogP contribution is 2.29. The molecule has 0 radical (unpaired) electrons. The van der Waals surface area contributed by atoms with Crippen LogP contribution >= 0.6 is 0 Å². The monoisotopic (exact) mass is 129 g/mol. The number of nitrogens with two attached hydrogens (primary N) is 1. The summed E-state index contributed by atoms with van der Waals surface area (Å²) < 4.78 is 0. The van der Waals surface area contributed by atoms with Crippen molar-refractivity contribution in [1.29, 1.82) is 0 Å². The molecule has 1 saturated carbocycles. The molecule has 0 spiro atoms. The number of rotatable bonds is 1. The molecule has 0 heterocycles. The SMILES string of the molecule is C[C@@H]1CC[C@H](N)[C@@H]1CO. The molecule has 54 valence electrons. The Kier molecular flexibility index (Phi) is 2.09. The summed E-state index contributed by atoms with van der Waals surface area (Å²) >= 11 is 0. The predicted octanol–water partition coefficient (Wildman–Crippen LogP) is 0.352. The highest BCUT2D eigenvalue weighted by Gasteiger charge is 2.29. The topological polar surface area (TPSA) is 46.2 Å². The van der Waals surface area contributed by atoms with Gasteiger partial charge in [-0.15, -0.1) is 0 Å². The van der Waals surface area contributed by atoms with Crippen molar-refractivity contribution in [1.82, 2.24) is 0 Å². The van der Waals surface area contributed by atoms with E-state index < -0.39 is 0 Å². The van der Waals surface area contributed by atoms with Crippen LogP contribution in [0, 0.1) is 11.8 Å². The van der Waals surface area contributed by atoms with Gasteiger partial charge in [-0.05, 0) is 24.7 Å². The lowest BCUT2D eigenvalue weighted by atomic mass is 9.97. The average molecular weight is 129 g/mol. The standard InChI is InChI=1S/C7H15NO/c1-5-2-3-7(8)6(5)4-9/h5-7,9H,2-4,8H2,1H3/t5-,6-,7+/m1/s1. The molecular weight excluding hydrogens is 114 g/mol. The Bertz CT molecular complexity index is 84.9. The number of hydrogen-bond acceptors (Lipinski definition) is 2. The van der Waals surface area contributed by atoms with Crippen molar-refractivity contribution < 1.29 is 5.11 Å². The van der Waals surface area contributed by atoms with Crippen LogP contribution in [0.15, 0.2) is 0 Å². The molecule has 1 rings (SSSR count). The Labute approximate surface area is 56.1 Å². The highest BCUT2D eigenvalue weighted by atomic mass is 16.3. The zero-order valence-electron chi connectivity index (χ0n) is 5.88. The summed E-state index contributed by atoms with van der Waals surface area (Å²) in [6.45, 7) is 2.43. The first-order chi connectivity index (χ1) is 4.25. The van der Waals surface area contributed by atoms with Crippen molar-refractivity contribution in [2.45, 2.75) is 25.8 Å². The second-order valence-corrected chi connectivity index (χ2v) is 3.06. The van der Waals surface area contributed by atoms with Gasteiger partial charge in [-0.3, -0.25) is 0 Å². The van der Waals surface area contributed by atoms with Gasteiger partial charge >= 0.3 is 0 Å². The third kappa shape index (κ3) is 1.25. The van der Waals surface area contributed by atoms with Gasteiger partial charge in [0.05, 0.1) is 0 Å². The minimum Gasteiger partial charge on any atom is -0.396 e. The largest absolute Gasteiger partial charge is 0.396 e. The van der Waals surface area contributed by atoms with E-state index in [2.05, 4.69) is 6.92 Å². The second-order valence-electron chi connectivity index (χ2n) is 3.06. The van der Waals surface area contributed by atoms with Crippen LogP contribution in [0.5, 0.6) is 0 Å².